The summed E-state index contributed by atoms with van der Waals surface area (Å²) in [7, 11) is 0. The molecule has 7 nitrogen and oxygen atoms in total. The van der Waals surface area contributed by atoms with Crippen LogP contribution in [0.2, 0.25) is 5.02 Å². The number of aryl methyl sites for hydroxylation is 1. The lowest BCUT2D eigenvalue weighted by molar-refractivity contribution is -0.384. The van der Waals surface area contributed by atoms with Gasteiger partial charge in [-0.15, -0.1) is 11.3 Å². The normalized spacial score (nSPS) is 14.6. The first-order valence-corrected chi connectivity index (χ1v) is 10.4. The van der Waals surface area contributed by atoms with Gasteiger partial charge in [0.05, 0.1) is 15.6 Å². The second kappa shape index (κ2) is 8.45. The molecule has 0 N–H and O–H groups in total. The summed E-state index contributed by atoms with van der Waals surface area (Å²) >= 11 is 7.37. The summed E-state index contributed by atoms with van der Waals surface area (Å²) in [6.45, 7) is 8.22. The summed E-state index contributed by atoms with van der Waals surface area (Å²) in [5.74, 6) is 0.488. The number of anilines is 1. The van der Waals surface area contributed by atoms with Crippen molar-refractivity contribution >= 4 is 40.2 Å². The van der Waals surface area contributed by atoms with Gasteiger partial charge in [-0.25, -0.2) is 4.98 Å². The van der Waals surface area contributed by atoms with Gasteiger partial charge in [0.25, 0.3) is 11.6 Å². The highest BCUT2D eigenvalue weighted by Gasteiger charge is 2.28. The van der Waals surface area contributed by atoms with Crippen LogP contribution in [0.3, 0.4) is 0 Å². The van der Waals surface area contributed by atoms with E-state index >= 15 is 0 Å². The molecule has 1 amide bonds. The number of benzene rings is 1. The Morgan fingerprint density at radius 3 is 2.61 bits per heavy atom. The summed E-state index contributed by atoms with van der Waals surface area (Å²) in [5, 5.41) is 12.7. The van der Waals surface area contributed by atoms with Crippen LogP contribution in [0.15, 0.2) is 18.2 Å². The number of amides is 1. The van der Waals surface area contributed by atoms with E-state index in [2.05, 4.69) is 18.8 Å². The molecule has 150 valence electrons. The van der Waals surface area contributed by atoms with Gasteiger partial charge in [-0.2, -0.15) is 0 Å². The molecule has 0 unspecified atom stereocenters. The highest BCUT2D eigenvalue weighted by Crippen LogP contribution is 2.32. The second-order valence-electron chi connectivity index (χ2n) is 7.29. The van der Waals surface area contributed by atoms with Gasteiger partial charge in [0.15, 0.2) is 0 Å². The van der Waals surface area contributed by atoms with E-state index in [1.165, 1.54) is 17.4 Å². The topological polar surface area (TPSA) is 79.6 Å². The molecule has 28 heavy (non-hydrogen) atoms. The van der Waals surface area contributed by atoms with E-state index in [1.807, 2.05) is 11.8 Å². The van der Waals surface area contributed by atoms with Crippen molar-refractivity contribution in [2.45, 2.75) is 27.2 Å². The molecule has 9 heteroatoms. The number of thiazole rings is 1. The monoisotopic (exact) mass is 422 g/mol. The maximum Gasteiger partial charge on any atom is 0.294 e. The number of carbonyl (C=O) groups excluding carboxylic acids is 1. The molecule has 0 atom stereocenters. The molecule has 1 fully saturated rings. The average Bonchev–Trinajstić information content (AvgIpc) is 3.00. The van der Waals surface area contributed by atoms with Crippen molar-refractivity contribution in [2.75, 3.05) is 31.1 Å². The molecule has 0 spiro atoms. The molecule has 2 aromatic rings. The number of carbonyl (C=O) groups is 1. The van der Waals surface area contributed by atoms with Gasteiger partial charge < -0.3 is 9.80 Å². The Bertz CT molecular complexity index is 891. The van der Waals surface area contributed by atoms with Crippen molar-refractivity contribution in [1.82, 2.24) is 9.88 Å². The van der Waals surface area contributed by atoms with E-state index in [-0.39, 0.29) is 11.6 Å². The van der Waals surface area contributed by atoms with Crippen molar-refractivity contribution in [1.29, 1.82) is 0 Å². The molecule has 0 aliphatic carbocycles. The molecule has 0 radical (unpaired) electrons. The summed E-state index contributed by atoms with van der Waals surface area (Å²) in [5.41, 5.74) is 1.31. The van der Waals surface area contributed by atoms with Gasteiger partial charge in [0.1, 0.15) is 10.6 Å². The van der Waals surface area contributed by atoms with Crippen LogP contribution in [-0.2, 0) is 6.42 Å². The summed E-state index contributed by atoms with van der Waals surface area (Å²) in [6, 6.07) is 4.69. The third kappa shape index (κ3) is 4.44. The third-order valence-corrected chi connectivity index (χ3v) is 6.06. The molecule has 0 saturated carbocycles. The number of halogens is 1. The predicted molar refractivity (Wildman–Crippen MR) is 112 cm³/mol. The second-order valence-corrected chi connectivity index (χ2v) is 8.81. The lowest BCUT2D eigenvalue weighted by atomic mass is 10.1. The van der Waals surface area contributed by atoms with Crippen molar-refractivity contribution in [2.24, 2.45) is 5.92 Å². The lowest BCUT2D eigenvalue weighted by Gasteiger charge is -2.35. The molecule has 0 bridgehead atoms. The molecule has 2 heterocycles. The van der Waals surface area contributed by atoms with Gasteiger partial charge in [-0.05, 0) is 25.0 Å². The molecule has 1 aromatic heterocycles. The van der Waals surface area contributed by atoms with Crippen LogP contribution in [0.25, 0.3) is 0 Å². The molecule has 1 saturated heterocycles. The van der Waals surface area contributed by atoms with Gasteiger partial charge in [-0.1, -0.05) is 25.4 Å². The first-order chi connectivity index (χ1) is 13.3. The Morgan fingerprint density at radius 1 is 1.32 bits per heavy atom. The minimum atomic E-state index is -0.421. The van der Waals surface area contributed by atoms with Gasteiger partial charge in [0.2, 0.25) is 0 Å². The molecular formula is C19H23ClN4O3S. The Balaban J connectivity index is 1.70. The van der Waals surface area contributed by atoms with E-state index in [9.17, 15) is 14.9 Å². The maximum atomic E-state index is 12.9. The predicted octanol–water partition coefficient (Wildman–Crippen LogP) is 4.17. The van der Waals surface area contributed by atoms with Crippen molar-refractivity contribution < 1.29 is 9.72 Å². The fourth-order valence-corrected chi connectivity index (χ4v) is 4.70. The highest BCUT2D eigenvalue weighted by molar-refractivity contribution is 7.13. The number of hydrogen-bond donors (Lipinski definition) is 0. The number of piperazine rings is 1. The minimum absolute atomic E-state index is 0.00439. The zero-order valence-electron chi connectivity index (χ0n) is 16.1. The Kier molecular flexibility index (Phi) is 6.20. The fourth-order valence-electron chi connectivity index (χ4n) is 3.29. The summed E-state index contributed by atoms with van der Waals surface area (Å²) < 4.78 is 0. The van der Waals surface area contributed by atoms with E-state index in [4.69, 9.17) is 11.6 Å². The Hall–Kier alpha value is -2.19. The number of nitro groups is 1. The molecule has 1 aliphatic rings. The molecular weight excluding hydrogens is 400 g/mol. The standard InChI is InChI=1S/C19H23ClN4O3S/c1-12(2)10-17-21-13(3)18(28-17)19(25)23-8-6-22(7-9-23)15-5-4-14(20)11-16(15)24(26)27/h4-5,11-12H,6-10H2,1-3H3. The highest BCUT2D eigenvalue weighted by atomic mass is 35.5. The number of rotatable bonds is 5. The first-order valence-electron chi connectivity index (χ1n) is 9.20. The first kappa shape index (κ1) is 20.5. The third-order valence-electron chi connectivity index (χ3n) is 4.66. The summed E-state index contributed by atoms with van der Waals surface area (Å²) in [4.78, 5) is 32.8. The number of nitro benzene ring substituents is 1. The molecule has 3 rings (SSSR count). The average molecular weight is 423 g/mol. The number of nitrogens with zero attached hydrogens (tertiary/aromatic N) is 4. The smallest absolute Gasteiger partial charge is 0.294 e. The molecule has 1 aliphatic heterocycles. The Morgan fingerprint density at radius 2 is 2.00 bits per heavy atom. The fraction of sp³-hybridized carbons (Fsp3) is 0.474. The van der Waals surface area contributed by atoms with Crippen LogP contribution >= 0.6 is 22.9 Å². The van der Waals surface area contributed by atoms with Gasteiger partial charge in [0, 0.05) is 43.7 Å². The molecule has 1 aromatic carbocycles. The van der Waals surface area contributed by atoms with E-state index in [1.54, 1.807) is 17.0 Å². The zero-order chi connectivity index (χ0) is 20.4. The summed E-state index contributed by atoms with van der Waals surface area (Å²) in [6.07, 6.45) is 0.868. The lowest BCUT2D eigenvalue weighted by Crippen LogP contribution is -2.48. The van der Waals surface area contributed by atoms with Crippen LogP contribution in [0.1, 0.15) is 34.2 Å². The van der Waals surface area contributed by atoms with E-state index in [0.717, 1.165) is 17.1 Å². The Labute approximate surface area is 173 Å². The quantitative estimate of drug-likeness (QED) is 0.533. The van der Waals surface area contributed by atoms with Crippen LogP contribution in [0, 0.1) is 23.0 Å². The van der Waals surface area contributed by atoms with E-state index in [0.29, 0.717) is 47.7 Å². The van der Waals surface area contributed by atoms with Crippen molar-refractivity contribution in [3.8, 4) is 0 Å². The van der Waals surface area contributed by atoms with Crippen LogP contribution in [0.4, 0.5) is 11.4 Å². The minimum Gasteiger partial charge on any atom is -0.362 e. The largest absolute Gasteiger partial charge is 0.362 e. The van der Waals surface area contributed by atoms with Crippen LogP contribution in [0.5, 0.6) is 0 Å². The van der Waals surface area contributed by atoms with Gasteiger partial charge in [-0.3, -0.25) is 14.9 Å². The van der Waals surface area contributed by atoms with Gasteiger partial charge >= 0.3 is 0 Å². The number of hydrogen-bond acceptors (Lipinski definition) is 6. The SMILES string of the molecule is Cc1nc(CC(C)C)sc1C(=O)N1CCN(c2ccc(Cl)cc2[N+](=O)[O-])CC1. The zero-order valence-corrected chi connectivity index (χ0v) is 17.7. The van der Waals surface area contributed by atoms with E-state index < -0.39 is 4.92 Å². The van der Waals surface area contributed by atoms with Crippen molar-refractivity contribution in [3.05, 3.63) is 48.9 Å². The van der Waals surface area contributed by atoms with Crippen LogP contribution in [-0.4, -0.2) is 46.9 Å². The number of aromatic nitrogens is 1. The van der Waals surface area contributed by atoms with Crippen LogP contribution < -0.4 is 4.90 Å². The van der Waals surface area contributed by atoms with Crippen molar-refractivity contribution in [3.63, 3.8) is 0 Å². The maximum absolute atomic E-state index is 12.9.